The van der Waals surface area contributed by atoms with E-state index in [1.54, 1.807) is 12.3 Å². The molecule has 10 heteroatoms. The first-order valence-corrected chi connectivity index (χ1v) is 9.13. The minimum Gasteiger partial charge on any atom is -0.505 e. The average molecular weight is 419 g/mol. The molecule has 0 atom stereocenters. The maximum absolute atomic E-state index is 14.7. The number of amides is 1. The van der Waals surface area contributed by atoms with Crippen LogP contribution in [0.5, 0.6) is 11.5 Å². The van der Waals surface area contributed by atoms with E-state index in [-0.39, 0.29) is 33.3 Å². The number of aromatic hydroxyl groups is 1. The molecule has 2 aromatic rings. The number of nitrogens with zero attached hydrogens (tertiary/aromatic N) is 3. The molecule has 0 bridgehead atoms. The van der Waals surface area contributed by atoms with Crippen molar-refractivity contribution in [1.82, 2.24) is 0 Å². The van der Waals surface area contributed by atoms with E-state index in [1.807, 2.05) is 0 Å². The summed E-state index contributed by atoms with van der Waals surface area (Å²) in [6, 6.07) is 7.53. The van der Waals surface area contributed by atoms with E-state index in [1.165, 1.54) is 25.3 Å². The summed E-state index contributed by atoms with van der Waals surface area (Å²) < 4.78 is 38.2. The second kappa shape index (κ2) is 9.66. The fraction of sp³-hybridized carbons (Fsp3) is 0.158. The Bertz CT molecular complexity index is 1050. The van der Waals surface area contributed by atoms with Gasteiger partial charge in [0, 0.05) is 17.7 Å². The van der Waals surface area contributed by atoms with Gasteiger partial charge in [-0.25, -0.2) is 18.6 Å². The molecular formula is C19H15F2N3O4S. The van der Waals surface area contributed by atoms with Crippen LogP contribution in [-0.2, 0) is 4.74 Å². The fourth-order valence-electron chi connectivity index (χ4n) is 2.21. The van der Waals surface area contributed by atoms with Crippen molar-refractivity contribution in [2.24, 2.45) is 9.98 Å². The predicted molar refractivity (Wildman–Crippen MR) is 105 cm³/mol. The zero-order valence-corrected chi connectivity index (χ0v) is 16.4. The van der Waals surface area contributed by atoms with E-state index in [4.69, 9.17) is 10.00 Å². The van der Waals surface area contributed by atoms with Crippen molar-refractivity contribution in [3.8, 4) is 17.6 Å². The standard InChI is InChI=1S/C19H15F2N3O4S/c1-27-12-7-13(16(21)15(25)8-12)17(18(29-3)24-19(26)28-2)23-11-5-4-10(9-22)14(20)6-11/h4-8,25H,1-3H3/b23-17?,24-18-. The Balaban J connectivity index is 2.78. The Hall–Kier alpha value is -3.45. The molecule has 7 nitrogen and oxygen atoms in total. The van der Waals surface area contributed by atoms with Crippen molar-refractivity contribution in [1.29, 1.82) is 5.26 Å². The number of phenolic OH excluding ortho intramolecular Hbond substituents is 1. The molecule has 0 unspecified atom stereocenters. The number of carbonyl (C=O) groups is 1. The van der Waals surface area contributed by atoms with Gasteiger partial charge in [-0.3, -0.25) is 0 Å². The summed E-state index contributed by atoms with van der Waals surface area (Å²) in [5.74, 6) is -2.45. The highest BCUT2D eigenvalue weighted by Crippen LogP contribution is 2.29. The molecule has 0 saturated heterocycles. The van der Waals surface area contributed by atoms with Gasteiger partial charge in [-0.05, 0) is 24.5 Å². The smallest absolute Gasteiger partial charge is 0.434 e. The number of hydrogen-bond acceptors (Lipinski definition) is 7. The molecule has 0 aliphatic rings. The van der Waals surface area contributed by atoms with E-state index in [9.17, 15) is 18.7 Å². The molecule has 0 spiro atoms. The molecule has 2 rings (SSSR count). The minimum absolute atomic E-state index is 0.0322. The topological polar surface area (TPSA) is 104 Å². The summed E-state index contributed by atoms with van der Waals surface area (Å²) in [5, 5.41) is 18.7. The van der Waals surface area contributed by atoms with Crippen LogP contribution < -0.4 is 4.74 Å². The molecule has 1 N–H and O–H groups in total. The molecule has 29 heavy (non-hydrogen) atoms. The van der Waals surface area contributed by atoms with Crippen LogP contribution in [0.4, 0.5) is 19.3 Å². The molecular weight excluding hydrogens is 404 g/mol. The van der Waals surface area contributed by atoms with Crippen LogP contribution in [0.3, 0.4) is 0 Å². The number of rotatable bonds is 4. The van der Waals surface area contributed by atoms with Crippen LogP contribution in [0.2, 0.25) is 0 Å². The van der Waals surface area contributed by atoms with Gasteiger partial charge in [-0.1, -0.05) is 0 Å². The third-order valence-corrected chi connectivity index (χ3v) is 4.27. The monoisotopic (exact) mass is 419 g/mol. The summed E-state index contributed by atoms with van der Waals surface area (Å²) in [5.41, 5.74) is -0.559. The van der Waals surface area contributed by atoms with Gasteiger partial charge in [-0.2, -0.15) is 10.3 Å². The number of methoxy groups -OCH3 is 2. The van der Waals surface area contributed by atoms with Gasteiger partial charge in [-0.15, -0.1) is 11.8 Å². The van der Waals surface area contributed by atoms with Crippen molar-refractivity contribution in [2.45, 2.75) is 0 Å². The third kappa shape index (κ3) is 5.08. The highest BCUT2D eigenvalue weighted by atomic mass is 32.2. The first kappa shape index (κ1) is 21.8. The first-order valence-electron chi connectivity index (χ1n) is 7.90. The summed E-state index contributed by atoms with van der Waals surface area (Å²) in [6.45, 7) is 0. The van der Waals surface area contributed by atoms with Gasteiger partial charge in [0.25, 0.3) is 0 Å². The second-order valence-electron chi connectivity index (χ2n) is 5.34. The molecule has 0 radical (unpaired) electrons. The normalized spacial score (nSPS) is 11.7. The fourth-order valence-corrected chi connectivity index (χ4v) is 2.73. The summed E-state index contributed by atoms with van der Waals surface area (Å²) >= 11 is 0.959. The number of carbonyl (C=O) groups excluding carboxylic acids is 1. The lowest BCUT2D eigenvalue weighted by molar-refractivity contribution is 0.183. The highest BCUT2D eigenvalue weighted by molar-refractivity contribution is 8.15. The second-order valence-corrected chi connectivity index (χ2v) is 6.13. The molecule has 1 amide bonds. The van der Waals surface area contributed by atoms with Gasteiger partial charge >= 0.3 is 6.09 Å². The van der Waals surface area contributed by atoms with Crippen LogP contribution in [0.25, 0.3) is 0 Å². The number of hydrogen-bond donors (Lipinski definition) is 1. The zero-order chi connectivity index (χ0) is 21.6. The molecule has 0 heterocycles. The minimum atomic E-state index is -1.04. The van der Waals surface area contributed by atoms with Gasteiger partial charge in [0.05, 0.1) is 25.5 Å². The summed E-state index contributed by atoms with van der Waals surface area (Å²) in [6.07, 6.45) is 0.606. The molecule has 0 aromatic heterocycles. The van der Waals surface area contributed by atoms with Crippen molar-refractivity contribution in [3.63, 3.8) is 0 Å². The average Bonchev–Trinajstić information content (AvgIpc) is 2.72. The lowest BCUT2D eigenvalue weighted by atomic mass is 10.1. The zero-order valence-electron chi connectivity index (χ0n) is 15.6. The number of thioether (sulfide) groups is 1. The summed E-state index contributed by atoms with van der Waals surface area (Å²) in [7, 11) is 2.44. The molecule has 2 aromatic carbocycles. The van der Waals surface area contributed by atoms with Gasteiger partial charge < -0.3 is 14.6 Å². The quantitative estimate of drug-likeness (QED) is 0.588. The van der Waals surface area contributed by atoms with Gasteiger partial charge in [0.1, 0.15) is 28.4 Å². The molecule has 0 aliphatic carbocycles. The number of phenols is 1. The summed E-state index contributed by atoms with van der Waals surface area (Å²) in [4.78, 5) is 19.6. The molecule has 0 saturated carbocycles. The Labute approximate surface area is 169 Å². The lowest BCUT2D eigenvalue weighted by Gasteiger charge is -2.12. The SMILES string of the molecule is COC(=O)/N=C(\SC)C(=Nc1ccc(C#N)c(F)c1)c1cc(OC)cc(O)c1F. The van der Waals surface area contributed by atoms with E-state index >= 15 is 0 Å². The Morgan fingerprint density at radius 2 is 1.97 bits per heavy atom. The van der Waals surface area contributed by atoms with E-state index in [0.717, 1.165) is 31.0 Å². The largest absolute Gasteiger partial charge is 0.505 e. The van der Waals surface area contributed by atoms with Crippen molar-refractivity contribution in [2.75, 3.05) is 20.5 Å². The van der Waals surface area contributed by atoms with E-state index < -0.39 is 23.5 Å². The van der Waals surface area contributed by atoms with E-state index in [2.05, 4.69) is 14.7 Å². The number of benzene rings is 2. The van der Waals surface area contributed by atoms with Crippen molar-refractivity contribution >= 4 is 34.3 Å². The third-order valence-electron chi connectivity index (χ3n) is 3.60. The predicted octanol–water partition coefficient (Wildman–Crippen LogP) is 4.20. The molecule has 0 aliphatic heterocycles. The molecule has 150 valence electrons. The highest BCUT2D eigenvalue weighted by Gasteiger charge is 2.21. The van der Waals surface area contributed by atoms with Crippen LogP contribution in [0.1, 0.15) is 11.1 Å². The van der Waals surface area contributed by atoms with Crippen LogP contribution in [-0.4, -0.2) is 42.4 Å². The first-order chi connectivity index (χ1) is 13.8. The Morgan fingerprint density at radius 3 is 2.52 bits per heavy atom. The van der Waals surface area contributed by atoms with E-state index in [0.29, 0.717) is 0 Å². The Morgan fingerprint density at radius 1 is 1.24 bits per heavy atom. The maximum atomic E-state index is 14.7. The van der Waals surface area contributed by atoms with Crippen molar-refractivity contribution in [3.05, 3.63) is 53.1 Å². The van der Waals surface area contributed by atoms with Gasteiger partial charge in [0.15, 0.2) is 11.6 Å². The number of nitriles is 1. The number of ether oxygens (including phenoxy) is 2. The van der Waals surface area contributed by atoms with Crippen LogP contribution >= 0.6 is 11.8 Å². The number of halogens is 2. The van der Waals surface area contributed by atoms with Crippen LogP contribution in [0, 0.1) is 23.0 Å². The maximum Gasteiger partial charge on any atom is 0.434 e. The number of aliphatic imine (C=N–C) groups is 2. The Kier molecular flexibility index (Phi) is 7.27. The molecule has 0 fully saturated rings. The van der Waals surface area contributed by atoms with Crippen LogP contribution in [0.15, 0.2) is 40.3 Å². The van der Waals surface area contributed by atoms with Gasteiger partial charge in [0.2, 0.25) is 0 Å². The van der Waals surface area contributed by atoms with Crippen molar-refractivity contribution < 1.29 is 28.2 Å². The lowest BCUT2D eigenvalue weighted by Crippen LogP contribution is -2.16.